The van der Waals surface area contributed by atoms with E-state index in [4.69, 9.17) is 5.84 Å². The zero-order valence-corrected chi connectivity index (χ0v) is 11.9. The summed E-state index contributed by atoms with van der Waals surface area (Å²) in [5.41, 5.74) is 2.70. The maximum Gasteiger partial charge on any atom is 0.206 e. The molecule has 0 saturated heterocycles. The molecule has 1 aliphatic rings. The van der Waals surface area contributed by atoms with E-state index in [2.05, 4.69) is 28.9 Å². The first kappa shape index (κ1) is 14.6. The molecule has 17 heavy (non-hydrogen) atoms. The normalized spacial score (nSPS) is 20.1. The van der Waals surface area contributed by atoms with Gasteiger partial charge in [-0.15, -0.1) is 0 Å². The summed E-state index contributed by atoms with van der Waals surface area (Å²) in [6.45, 7) is 2.18. The van der Waals surface area contributed by atoms with Crippen LogP contribution in [0.2, 0.25) is 0 Å². The molecule has 100 valence electrons. The number of hydrogen-bond acceptors (Lipinski definition) is 3. The minimum absolute atomic E-state index is 0.448. The van der Waals surface area contributed by atoms with Crippen molar-refractivity contribution in [2.24, 2.45) is 10.8 Å². The monoisotopic (exact) mass is 258 g/mol. The molecule has 0 aromatic heterocycles. The molecule has 0 radical (unpaired) electrons. The molecule has 1 saturated carbocycles. The Morgan fingerprint density at radius 3 is 2.65 bits per heavy atom. The predicted molar refractivity (Wildman–Crippen MR) is 77.2 cm³/mol. The fourth-order valence-corrected chi connectivity index (χ4v) is 2.89. The third-order valence-electron chi connectivity index (χ3n) is 3.22. The van der Waals surface area contributed by atoms with E-state index < -0.39 is 0 Å². The number of aliphatic imine (C=N–C) groups is 1. The van der Waals surface area contributed by atoms with Gasteiger partial charge in [-0.1, -0.05) is 26.2 Å². The third-order valence-corrected chi connectivity index (χ3v) is 3.96. The second-order valence-electron chi connectivity index (χ2n) is 4.62. The van der Waals surface area contributed by atoms with Gasteiger partial charge in [0.15, 0.2) is 0 Å². The fourth-order valence-electron chi connectivity index (χ4n) is 2.17. The molecule has 1 atom stereocenters. The van der Waals surface area contributed by atoms with Crippen LogP contribution in [-0.2, 0) is 0 Å². The number of rotatable bonds is 5. The highest BCUT2D eigenvalue weighted by atomic mass is 32.2. The average molecular weight is 258 g/mol. The molecule has 0 spiro atoms. The van der Waals surface area contributed by atoms with Gasteiger partial charge in [0.1, 0.15) is 0 Å². The Morgan fingerprint density at radius 2 is 2.12 bits per heavy atom. The molecule has 0 aromatic carbocycles. The number of nitrogens with zero attached hydrogens (tertiary/aromatic N) is 1. The molecule has 0 bridgehead atoms. The summed E-state index contributed by atoms with van der Waals surface area (Å²) in [5, 5.41) is 3.39. The Balaban J connectivity index is 2.47. The van der Waals surface area contributed by atoms with Crippen LogP contribution < -0.4 is 16.6 Å². The van der Waals surface area contributed by atoms with Crippen molar-refractivity contribution in [1.82, 2.24) is 10.7 Å². The lowest BCUT2D eigenvalue weighted by Crippen LogP contribution is -2.47. The van der Waals surface area contributed by atoms with Crippen molar-refractivity contribution in [3.8, 4) is 0 Å². The molecule has 0 aliphatic heterocycles. The number of thioether (sulfide) groups is 1. The summed E-state index contributed by atoms with van der Waals surface area (Å²) in [4.78, 5) is 4.68. The number of hydrogen-bond donors (Lipinski definition) is 3. The maximum atomic E-state index is 5.54. The second kappa shape index (κ2) is 8.64. The number of nitrogens with two attached hydrogens (primary N) is 1. The van der Waals surface area contributed by atoms with Gasteiger partial charge in [0.2, 0.25) is 5.96 Å². The van der Waals surface area contributed by atoms with E-state index in [0.717, 1.165) is 18.1 Å². The lowest BCUT2D eigenvalue weighted by molar-refractivity contribution is 0.440. The molecule has 4 nitrogen and oxygen atoms in total. The summed E-state index contributed by atoms with van der Waals surface area (Å²) in [6, 6.07) is 0.900. The standard InChI is InChI=1S/C12H26N4S/c1-3-10(9-17-2)14-12(16-13)15-11-7-5-4-6-8-11/h10-11H,3-9,13H2,1-2H3,(H2,14,15,16). The first-order valence-corrected chi connectivity index (χ1v) is 7.99. The summed E-state index contributed by atoms with van der Waals surface area (Å²) < 4.78 is 0. The molecule has 4 N–H and O–H groups in total. The van der Waals surface area contributed by atoms with Crippen LogP contribution in [0, 0.1) is 0 Å². The molecule has 1 rings (SSSR count). The highest BCUT2D eigenvalue weighted by molar-refractivity contribution is 7.98. The van der Waals surface area contributed by atoms with Crippen molar-refractivity contribution in [3.63, 3.8) is 0 Å². The maximum absolute atomic E-state index is 5.54. The molecule has 0 amide bonds. The van der Waals surface area contributed by atoms with Crippen LogP contribution in [0.3, 0.4) is 0 Å². The van der Waals surface area contributed by atoms with Crippen LogP contribution in [0.15, 0.2) is 4.99 Å². The van der Waals surface area contributed by atoms with Gasteiger partial charge in [-0.3, -0.25) is 5.43 Å². The summed E-state index contributed by atoms with van der Waals surface area (Å²) in [7, 11) is 0. The van der Waals surface area contributed by atoms with E-state index in [1.807, 2.05) is 11.8 Å². The lowest BCUT2D eigenvalue weighted by Gasteiger charge is -2.22. The first-order valence-electron chi connectivity index (χ1n) is 6.60. The molecular formula is C12H26N4S. The molecule has 0 aromatic rings. The van der Waals surface area contributed by atoms with Crippen LogP contribution in [0.1, 0.15) is 45.4 Å². The van der Waals surface area contributed by atoms with Crippen LogP contribution >= 0.6 is 11.8 Å². The predicted octanol–water partition coefficient (Wildman–Crippen LogP) is 1.87. The van der Waals surface area contributed by atoms with Gasteiger partial charge in [0.25, 0.3) is 0 Å². The quantitative estimate of drug-likeness (QED) is 0.305. The van der Waals surface area contributed by atoms with Gasteiger partial charge in [-0.2, -0.15) is 11.8 Å². The highest BCUT2D eigenvalue weighted by Gasteiger charge is 2.14. The molecular weight excluding hydrogens is 232 g/mol. The summed E-state index contributed by atoms with van der Waals surface area (Å²) in [6.07, 6.45) is 9.57. The molecule has 1 unspecified atom stereocenters. The van der Waals surface area contributed by atoms with Gasteiger partial charge in [-0.05, 0) is 25.5 Å². The van der Waals surface area contributed by atoms with Gasteiger partial charge >= 0.3 is 0 Å². The van der Waals surface area contributed by atoms with E-state index in [-0.39, 0.29) is 0 Å². The van der Waals surface area contributed by atoms with Gasteiger partial charge < -0.3 is 5.32 Å². The SMILES string of the molecule is CCC(CSC)NC(=NC1CCCCC1)NN. The van der Waals surface area contributed by atoms with Gasteiger partial charge in [0.05, 0.1) is 6.04 Å². The van der Waals surface area contributed by atoms with E-state index in [0.29, 0.717) is 12.1 Å². The molecule has 1 aliphatic carbocycles. The van der Waals surface area contributed by atoms with Crippen LogP contribution in [-0.4, -0.2) is 30.1 Å². The summed E-state index contributed by atoms with van der Waals surface area (Å²) in [5.74, 6) is 7.39. The highest BCUT2D eigenvalue weighted by Crippen LogP contribution is 2.20. The second-order valence-corrected chi connectivity index (χ2v) is 5.53. The van der Waals surface area contributed by atoms with Crippen LogP contribution in [0.25, 0.3) is 0 Å². The van der Waals surface area contributed by atoms with Crippen LogP contribution in [0.4, 0.5) is 0 Å². The first-order chi connectivity index (χ1) is 8.30. The van der Waals surface area contributed by atoms with Crippen LogP contribution in [0.5, 0.6) is 0 Å². The molecule has 5 heteroatoms. The average Bonchev–Trinajstić information content (AvgIpc) is 2.38. The van der Waals surface area contributed by atoms with Crippen molar-refractivity contribution in [2.75, 3.05) is 12.0 Å². The molecule has 0 heterocycles. The fraction of sp³-hybridized carbons (Fsp3) is 0.917. The van der Waals surface area contributed by atoms with Gasteiger partial charge in [-0.25, -0.2) is 10.8 Å². The van der Waals surface area contributed by atoms with Gasteiger partial charge in [0, 0.05) is 11.8 Å². The third kappa shape index (κ3) is 5.64. The molecule has 1 fully saturated rings. The van der Waals surface area contributed by atoms with Crippen molar-refractivity contribution < 1.29 is 0 Å². The number of hydrazine groups is 1. The largest absolute Gasteiger partial charge is 0.352 e. The Labute approximate surface area is 109 Å². The van der Waals surface area contributed by atoms with E-state index >= 15 is 0 Å². The Kier molecular flexibility index (Phi) is 7.44. The zero-order valence-electron chi connectivity index (χ0n) is 11.0. The Morgan fingerprint density at radius 1 is 1.41 bits per heavy atom. The Hall–Kier alpha value is -0.420. The zero-order chi connectivity index (χ0) is 12.5. The van der Waals surface area contributed by atoms with Crippen molar-refractivity contribution in [2.45, 2.75) is 57.5 Å². The van der Waals surface area contributed by atoms with Crippen molar-refractivity contribution in [1.29, 1.82) is 0 Å². The minimum atomic E-state index is 0.448. The lowest BCUT2D eigenvalue weighted by atomic mass is 9.96. The van der Waals surface area contributed by atoms with E-state index in [1.165, 1.54) is 32.1 Å². The summed E-state index contributed by atoms with van der Waals surface area (Å²) >= 11 is 1.85. The van der Waals surface area contributed by atoms with E-state index in [1.54, 1.807) is 0 Å². The minimum Gasteiger partial charge on any atom is -0.352 e. The van der Waals surface area contributed by atoms with E-state index in [9.17, 15) is 0 Å². The number of guanidine groups is 1. The number of nitrogens with one attached hydrogen (secondary N) is 2. The van der Waals surface area contributed by atoms with Crippen molar-refractivity contribution in [3.05, 3.63) is 0 Å². The van der Waals surface area contributed by atoms with Crippen molar-refractivity contribution >= 4 is 17.7 Å². The topological polar surface area (TPSA) is 62.4 Å². The smallest absolute Gasteiger partial charge is 0.206 e. The Bertz CT molecular complexity index is 227.